The lowest BCUT2D eigenvalue weighted by atomic mass is 9.80. The van der Waals surface area contributed by atoms with E-state index in [1.807, 2.05) is 0 Å². The summed E-state index contributed by atoms with van der Waals surface area (Å²) in [5.74, 6) is 0. The van der Waals surface area contributed by atoms with E-state index in [2.05, 4.69) is 37.9 Å². The molecule has 0 bridgehead atoms. The fourth-order valence-electron chi connectivity index (χ4n) is 4.11. The molecule has 0 aromatic heterocycles. The van der Waals surface area contributed by atoms with Crippen LogP contribution >= 0.6 is 0 Å². The Bertz CT molecular complexity index is 306. The van der Waals surface area contributed by atoms with Gasteiger partial charge in [-0.05, 0) is 44.1 Å². The number of hydrogen-bond donors (Lipinski definition) is 1. The lowest BCUT2D eigenvalue weighted by molar-refractivity contribution is -0.0253. The molecule has 2 heterocycles. The molecule has 0 spiro atoms. The van der Waals surface area contributed by atoms with Crippen LogP contribution < -0.4 is 5.32 Å². The van der Waals surface area contributed by atoms with E-state index >= 15 is 0 Å². The minimum absolute atomic E-state index is 0.333. The quantitative estimate of drug-likeness (QED) is 0.780. The van der Waals surface area contributed by atoms with Crippen molar-refractivity contribution in [2.45, 2.75) is 65.8 Å². The Labute approximate surface area is 131 Å². The molecule has 0 amide bonds. The third-order valence-electron chi connectivity index (χ3n) is 5.87. The highest BCUT2D eigenvalue weighted by Crippen LogP contribution is 2.39. The summed E-state index contributed by atoms with van der Waals surface area (Å²) in [6, 6.07) is 0.563. The first-order valence-corrected chi connectivity index (χ1v) is 9.07. The van der Waals surface area contributed by atoms with Crippen molar-refractivity contribution < 1.29 is 4.74 Å². The van der Waals surface area contributed by atoms with Gasteiger partial charge in [0.25, 0.3) is 0 Å². The molecule has 0 aliphatic carbocycles. The molecule has 3 nitrogen and oxygen atoms in total. The molecule has 1 atom stereocenters. The van der Waals surface area contributed by atoms with Crippen LogP contribution in [0.3, 0.4) is 0 Å². The lowest BCUT2D eigenvalue weighted by Gasteiger charge is -2.41. The van der Waals surface area contributed by atoms with Crippen LogP contribution in [0.4, 0.5) is 0 Å². The number of ether oxygens (including phenoxy) is 1. The molecule has 0 aromatic rings. The first-order valence-electron chi connectivity index (χ1n) is 9.07. The van der Waals surface area contributed by atoms with Crippen LogP contribution in [0.5, 0.6) is 0 Å². The average molecular weight is 296 g/mol. The zero-order valence-electron chi connectivity index (χ0n) is 14.7. The van der Waals surface area contributed by atoms with Crippen LogP contribution in [0.15, 0.2) is 0 Å². The summed E-state index contributed by atoms with van der Waals surface area (Å²) in [7, 11) is 0. The van der Waals surface area contributed by atoms with Crippen LogP contribution in [-0.2, 0) is 4.74 Å². The van der Waals surface area contributed by atoms with Gasteiger partial charge in [-0.2, -0.15) is 0 Å². The summed E-state index contributed by atoms with van der Waals surface area (Å²) in [6.45, 7) is 16.0. The van der Waals surface area contributed by atoms with Crippen LogP contribution in [0, 0.1) is 10.8 Å². The second-order valence-corrected chi connectivity index (χ2v) is 7.86. The molecule has 3 heteroatoms. The van der Waals surface area contributed by atoms with Crippen molar-refractivity contribution in [1.29, 1.82) is 0 Å². The van der Waals surface area contributed by atoms with Crippen LogP contribution in [0.1, 0.15) is 59.8 Å². The van der Waals surface area contributed by atoms with E-state index in [1.165, 1.54) is 51.7 Å². The van der Waals surface area contributed by atoms with E-state index in [-0.39, 0.29) is 0 Å². The van der Waals surface area contributed by atoms with Crippen molar-refractivity contribution in [3.63, 3.8) is 0 Å². The molecule has 1 unspecified atom stereocenters. The van der Waals surface area contributed by atoms with E-state index in [0.29, 0.717) is 16.9 Å². The van der Waals surface area contributed by atoms with Crippen LogP contribution in [0.25, 0.3) is 0 Å². The Kier molecular flexibility index (Phi) is 6.10. The maximum absolute atomic E-state index is 5.87. The standard InChI is InChI=1S/C18H36N2O/c1-5-17(6-2)9-10-20(13-17)14-18(12-19-16(3)4)8-7-11-21-15-18/h16,19H,5-15H2,1-4H3. The average Bonchev–Trinajstić information content (AvgIpc) is 2.90. The second kappa shape index (κ2) is 7.43. The Morgan fingerprint density at radius 3 is 2.43 bits per heavy atom. The van der Waals surface area contributed by atoms with Crippen molar-refractivity contribution in [3.05, 3.63) is 0 Å². The molecule has 2 aliphatic heterocycles. The summed E-state index contributed by atoms with van der Waals surface area (Å²) in [5, 5.41) is 3.67. The fourth-order valence-corrected chi connectivity index (χ4v) is 4.11. The van der Waals surface area contributed by atoms with Crippen molar-refractivity contribution in [2.75, 3.05) is 39.4 Å². The summed E-state index contributed by atoms with van der Waals surface area (Å²) in [6.07, 6.45) is 6.57. The summed E-state index contributed by atoms with van der Waals surface area (Å²) < 4.78 is 5.87. The van der Waals surface area contributed by atoms with Crippen molar-refractivity contribution in [3.8, 4) is 0 Å². The molecule has 0 radical (unpaired) electrons. The van der Waals surface area contributed by atoms with Gasteiger partial charge in [-0.15, -0.1) is 0 Å². The number of nitrogens with one attached hydrogen (secondary N) is 1. The largest absolute Gasteiger partial charge is 0.381 e. The lowest BCUT2D eigenvalue weighted by Crippen LogP contribution is -2.50. The van der Waals surface area contributed by atoms with Gasteiger partial charge in [0.1, 0.15) is 0 Å². The van der Waals surface area contributed by atoms with Gasteiger partial charge in [0.05, 0.1) is 6.61 Å². The topological polar surface area (TPSA) is 24.5 Å². The molecule has 124 valence electrons. The first kappa shape index (κ1) is 17.2. The Hall–Kier alpha value is -0.120. The predicted molar refractivity (Wildman–Crippen MR) is 89.7 cm³/mol. The molecule has 1 N–H and O–H groups in total. The van der Waals surface area contributed by atoms with Gasteiger partial charge in [-0.25, -0.2) is 0 Å². The van der Waals surface area contributed by atoms with E-state index < -0.39 is 0 Å². The maximum atomic E-state index is 5.87. The van der Waals surface area contributed by atoms with Crippen LogP contribution in [0.2, 0.25) is 0 Å². The molecule has 2 rings (SSSR count). The van der Waals surface area contributed by atoms with Gasteiger partial charge in [0.2, 0.25) is 0 Å². The zero-order chi connectivity index (χ0) is 15.3. The maximum Gasteiger partial charge on any atom is 0.0546 e. The zero-order valence-corrected chi connectivity index (χ0v) is 14.7. The third kappa shape index (κ3) is 4.43. The first-order chi connectivity index (χ1) is 10.0. The fraction of sp³-hybridized carbons (Fsp3) is 1.00. The van der Waals surface area contributed by atoms with Gasteiger partial charge in [0, 0.05) is 37.7 Å². The molecule has 0 saturated carbocycles. The summed E-state index contributed by atoms with van der Waals surface area (Å²) in [4.78, 5) is 2.73. The van der Waals surface area contributed by atoms with E-state index in [4.69, 9.17) is 4.74 Å². The minimum atomic E-state index is 0.333. The summed E-state index contributed by atoms with van der Waals surface area (Å²) in [5.41, 5.74) is 0.919. The highest BCUT2D eigenvalue weighted by molar-refractivity contribution is 4.93. The van der Waals surface area contributed by atoms with E-state index in [1.54, 1.807) is 0 Å². The molecule has 2 aliphatic rings. The van der Waals surface area contributed by atoms with Crippen molar-refractivity contribution in [2.24, 2.45) is 10.8 Å². The van der Waals surface area contributed by atoms with Gasteiger partial charge in [-0.1, -0.05) is 27.7 Å². The summed E-state index contributed by atoms with van der Waals surface area (Å²) >= 11 is 0. The predicted octanol–water partition coefficient (Wildman–Crippen LogP) is 3.29. The van der Waals surface area contributed by atoms with Crippen molar-refractivity contribution >= 4 is 0 Å². The van der Waals surface area contributed by atoms with E-state index in [9.17, 15) is 0 Å². The highest BCUT2D eigenvalue weighted by atomic mass is 16.5. The Balaban J connectivity index is 1.96. The normalized spacial score (nSPS) is 30.1. The Morgan fingerprint density at radius 2 is 1.90 bits per heavy atom. The van der Waals surface area contributed by atoms with Crippen molar-refractivity contribution in [1.82, 2.24) is 10.2 Å². The van der Waals surface area contributed by atoms with Gasteiger partial charge in [-0.3, -0.25) is 0 Å². The monoisotopic (exact) mass is 296 g/mol. The van der Waals surface area contributed by atoms with Gasteiger partial charge < -0.3 is 15.0 Å². The molecular formula is C18H36N2O. The minimum Gasteiger partial charge on any atom is -0.381 e. The number of rotatable bonds is 7. The number of nitrogens with zero attached hydrogens (tertiary/aromatic N) is 1. The molecule has 0 aromatic carbocycles. The van der Waals surface area contributed by atoms with Crippen LogP contribution in [-0.4, -0.2) is 50.3 Å². The molecular weight excluding hydrogens is 260 g/mol. The molecule has 21 heavy (non-hydrogen) atoms. The molecule has 2 saturated heterocycles. The highest BCUT2D eigenvalue weighted by Gasteiger charge is 2.40. The SMILES string of the molecule is CCC1(CC)CCN(CC2(CNC(C)C)CCCOC2)C1. The smallest absolute Gasteiger partial charge is 0.0546 e. The molecule has 2 fully saturated rings. The van der Waals surface area contributed by atoms with E-state index in [0.717, 1.165) is 19.8 Å². The number of hydrogen-bond acceptors (Lipinski definition) is 3. The third-order valence-corrected chi connectivity index (χ3v) is 5.87. The number of likely N-dealkylation sites (tertiary alicyclic amines) is 1. The van der Waals surface area contributed by atoms with Gasteiger partial charge in [0.15, 0.2) is 0 Å². The second-order valence-electron chi connectivity index (χ2n) is 7.86. The van der Waals surface area contributed by atoms with Gasteiger partial charge >= 0.3 is 0 Å². The Morgan fingerprint density at radius 1 is 1.14 bits per heavy atom.